The number of anilines is 3. The van der Waals surface area contributed by atoms with Gasteiger partial charge in [0.2, 0.25) is 0 Å². The van der Waals surface area contributed by atoms with Crippen LogP contribution in [0.25, 0.3) is 0 Å². The zero-order chi connectivity index (χ0) is 11.5. The van der Waals surface area contributed by atoms with Gasteiger partial charge in [0.05, 0.1) is 5.56 Å². The van der Waals surface area contributed by atoms with E-state index in [1.807, 2.05) is 37.3 Å². The zero-order valence-corrected chi connectivity index (χ0v) is 9.64. The molecule has 0 atom stereocenters. The standard InChI is InChI=1S/C12H11N3S/c1-8-6-9(7-13)12(16-8)15-11-4-2-10(14)3-5-11/h2-6,15H,14H2,1H3. The van der Waals surface area contributed by atoms with Crippen molar-refractivity contribution in [3.8, 4) is 6.07 Å². The molecule has 2 aromatic rings. The van der Waals surface area contributed by atoms with Crippen LogP contribution in [0.2, 0.25) is 0 Å². The summed E-state index contributed by atoms with van der Waals surface area (Å²) in [7, 11) is 0. The van der Waals surface area contributed by atoms with Crippen molar-refractivity contribution in [2.75, 3.05) is 11.1 Å². The number of nitrogens with one attached hydrogen (secondary N) is 1. The molecule has 0 saturated carbocycles. The minimum atomic E-state index is 0.680. The smallest absolute Gasteiger partial charge is 0.111 e. The van der Waals surface area contributed by atoms with E-state index in [4.69, 9.17) is 11.0 Å². The van der Waals surface area contributed by atoms with Crippen LogP contribution in [0, 0.1) is 18.3 Å². The Bertz CT molecular complexity index is 534. The highest BCUT2D eigenvalue weighted by atomic mass is 32.1. The molecule has 1 aromatic carbocycles. The van der Waals surface area contributed by atoms with Gasteiger partial charge in [-0.25, -0.2) is 0 Å². The molecule has 0 amide bonds. The maximum absolute atomic E-state index is 8.95. The summed E-state index contributed by atoms with van der Waals surface area (Å²) in [5.41, 5.74) is 7.95. The Morgan fingerprint density at radius 2 is 2.00 bits per heavy atom. The largest absolute Gasteiger partial charge is 0.399 e. The Balaban J connectivity index is 2.27. The van der Waals surface area contributed by atoms with E-state index in [2.05, 4.69) is 11.4 Å². The normalized spacial score (nSPS) is 9.75. The summed E-state index contributed by atoms with van der Waals surface area (Å²) in [6.07, 6.45) is 0. The molecule has 80 valence electrons. The van der Waals surface area contributed by atoms with Crippen molar-refractivity contribution < 1.29 is 0 Å². The van der Waals surface area contributed by atoms with E-state index >= 15 is 0 Å². The van der Waals surface area contributed by atoms with Gasteiger partial charge in [0.15, 0.2) is 0 Å². The number of nitrogens with two attached hydrogens (primary N) is 1. The summed E-state index contributed by atoms with van der Waals surface area (Å²) in [5.74, 6) is 0. The van der Waals surface area contributed by atoms with Crippen molar-refractivity contribution in [3.63, 3.8) is 0 Å². The summed E-state index contributed by atoms with van der Waals surface area (Å²) >= 11 is 1.57. The van der Waals surface area contributed by atoms with Crippen LogP contribution in [0.1, 0.15) is 10.4 Å². The Morgan fingerprint density at radius 3 is 2.62 bits per heavy atom. The third-order valence-electron chi connectivity index (χ3n) is 2.14. The molecule has 0 unspecified atom stereocenters. The number of rotatable bonds is 2. The number of aryl methyl sites for hydroxylation is 1. The Labute approximate surface area is 98.1 Å². The van der Waals surface area contributed by atoms with E-state index in [0.29, 0.717) is 5.56 Å². The maximum atomic E-state index is 8.95. The Kier molecular flexibility index (Phi) is 2.80. The van der Waals surface area contributed by atoms with E-state index in [-0.39, 0.29) is 0 Å². The summed E-state index contributed by atoms with van der Waals surface area (Å²) in [5, 5.41) is 13.0. The maximum Gasteiger partial charge on any atom is 0.111 e. The van der Waals surface area contributed by atoms with Gasteiger partial charge in [-0.1, -0.05) is 0 Å². The average Bonchev–Trinajstić information content (AvgIpc) is 2.62. The molecule has 0 aliphatic carbocycles. The van der Waals surface area contributed by atoms with Crippen molar-refractivity contribution in [2.24, 2.45) is 0 Å². The van der Waals surface area contributed by atoms with Gasteiger partial charge in [-0.15, -0.1) is 11.3 Å². The van der Waals surface area contributed by atoms with Gasteiger partial charge in [-0.05, 0) is 37.3 Å². The van der Waals surface area contributed by atoms with Gasteiger partial charge in [0, 0.05) is 16.3 Å². The fourth-order valence-corrected chi connectivity index (χ4v) is 2.27. The van der Waals surface area contributed by atoms with Gasteiger partial charge in [0.1, 0.15) is 11.1 Å². The highest BCUT2D eigenvalue weighted by Crippen LogP contribution is 2.29. The van der Waals surface area contributed by atoms with Crippen LogP contribution in [0.4, 0.5) is 16.4 Å². The molecule has 0 bridgehead atoms. The predicted octanol–water partition coefficient (Wildman–Crippen LogP) is 3.25. The molecule has 16 heavy (non-hydrogen) atoms. The van der Waals surface area contributed by atoms with Crippen LogP contribution >= 0.6 is 11.3 Å². The highest BCUT2D eigenvalue weighted by molar-refractivity contribution is 7.16. The van der Waals surface area contributed by atoms with Gasteiger partial charge < -0.3 is 11.1 Å². The van der Waals surface area contributed by atoms with Gasteiger partial charge >= 0.3 is 0 Å². The fraction of sp³-hybridized carbons (Fsp3) is 0.0833. The quantitative estimate of drug-likeness (QED) is 0.777. The van der Waals surface area contributed by atoms with E-state index < -0.39 is 0 Å². The lowest BCUT2D eigenvalue weighted by Gasteiger charge is -2.04. The van der Waals surface area contributed by atoms with Crippen molar-refractivity contribution in [2.45, 2.75) is 6.92 Å². The number of nitrogens with zero attached hydrogens (tertiary/aromatic N) is 1. The zero-order valence-electron chi connectivity index (χ0n) is 8.82. The summed E-state index contributed by atoms with van der Waals surface area (Å²) in [4.78, 5) is 1.12. The van der Waals surface area contributed by atoms with Crippen LogP contribution in [0.15, 0.2) is 30.3 Å². The second-order valence-electron chi connectivity index (χ2n) is 3.46. The molecule has 3 nitrogen and oxygen atoms in total. The van der Waals surface area contributed by atoms with Crippen LogP contribution in [0.3, 0.4) is 0 Å². The second-order valence-corrected chi connectivity index (χ2v) is 4.71. The van der Waals surface area contributed by atoms with Gasteiger partial charge in [0.25, 0.3) is 0 Å². The first-order valence-electron chi connectivity index (χ1n) is 4.82. The second kappa shape index (κ2) is 4.25. The van der Waals surface area contributed by atoms with Crippen LogP contribution in [0.5, 0.6) is 0 Å². The van der Waals surface area contributed by atoms with E-state index in [1.54, 1.807) is 11.3 Å². The van der Waals surface area contributed by atoms with Crippen molar-refractivity contribution in [1.29, 1.82) is 5.26 Å². The third-order valence-corrected chi connectivity index (χ3v) is 3.11. The highest BCUT2D eigenvalue weighted by Gasteiger charge is 2.06. The minimum Gasteiger partial charge on any atom is -0.399 e. The van der Waals surface area contributed by atoms with E-state index in [0.717, 1.165) is 21.3 Å². The third kappa shape index (κ3) is 2.15. The molecule has 0 saturated heterocycles. The van der Waals surface area contributed by atoms with Crippen molar-refractivity contribution in [3.05, 3.63) is 40.8 Å². The number of benzene rings is 1. The molecule has 0 spiro atoms. The SMILES string of the molecule is Cc1cc(C#N)c(Nc2ccc(N)cc2)s1. The Morgan fingerprint density at radius 1 is 1.31 bits per heavy atom. The monoisotopic (exact) mass is 229 g/mol. The summed E-state index contributed by atoms with van der Waals surface area (Å²) in [6.45, 7) is 1.99. The van der Waals surface area contributed by atoms with E-state index in [9.17, 15) is 0 Å². The molecule has 0 fully saturated rings. The summed E-state index contributed by atoms with van der Waals surface area (Å²) in [6, 6.07) is 11.5. The number of hydrogen-bond donors (Lipinski definition) is 2. The number of hydrogen-bond acceptors (Lipinski definition) is 4. The number of nitriles is 1. The molecule has 0 radical (unpaired) electrons. The molecular weight excluding hydrogens is 218 g/mol. The number of thiophene rings is 1. The fourth-order valence-electron chi connectivity index (χ4n) is 1.39. The van der Waals surface area contributed by atoms with Crippen LogP contribution in [-0.2, 0) is 0 Å². The van der Waals surface area contributed by atoms with Crippen LogP contribution in [-0.4, -0.2) is 0 Å². The van der Waals surface area contributed by atoms with Gasteiger partial charge in [-0.3, -0.25) is 0 Å². The predicted molar refractivity (Wildman–Crippen MR) is 67.9 cm³/mol. The minimum absolute atomic E-state index is 0.680. The first-order chi connectivity index (χ1) is 7.69. The molecule has 0 aliphatic rings. The molecule has 0 aliphatic heterocycles. The lowest BCUT2D eigenvalue weighted by atomic mass is 10.2. The average molecular weight is 229 g/mol. The van der Waals surface area contributed by atoms with Gasteiger partial charge in [-0.2, -0.15) is 5.26 Å². The van der Waals surface area contributed by atoms with E-state index in [1.165, 1.54) is 0 Å². The molecule has 3 N–H and O–H groups in total. The molecule has 2 rings (SSSR count). The van der Waals surface area contributed by atoms with Crippen molar-refractivity contribution >= 4 is 27.7 Å². The first-order valence-corrected chi connectivity index (χ1v) is 5.64. The molecular formula is C12H11N3S. The molecule has 1 aromatic heterocycles. The molecule has 1 heterocycles. The number of nitrogen functional groups attached to an aromatic ring is 1. The summed E-state index contributed by atoms with van der Waals surface area (Å²) < 4.78 is 0. The van der Waals surface area contributed by atoms with Crippen LogP contribution < -0.4 is 11.1 Å². The topological polar surface area (TPSA) is 61.8 Å². The Hall–Kier alpha value is -1.99. The lowest BCUT2D eigenvalue weighted by molar-refractivity contribution is 1.49. The van der Waals surface area contributed by atoms with Crippen molar-refractivity contribution in [1.82, 2.24) is 0 Å². The first kappa shape index (κ1) is 10.5. The molecule has 4 heteroatoms. The lowest BCUT2D eigenvalue weighted by Crippen LogP contribution is -1.90.